The van der Waals surface area contributed by atoms with Gasteiger partial charge in [-0.3, -0.25) is 4.79 Å². The molecule has 0 saturated carbocycles. The number of hydrogen-bond acceptors (Lipinski definition) is 2. The molecule has 1 N–H and O–H groups in total. The van der Waals surface area contributed by atoms with Gasteiger partial charge in [0.05, 0.1) is 0 Å². The molecule has 0 aliphatic rings. The molecule has 3 nitrogen and oxygen atoms in total. The number of Topliss-reactive ketones (excluding diaryl/α,β-unsaturated/α-hetero) is 1. The molecule has 0 aromatic heterocycles. The van der Waals surface area contributed by atoms with Crippen LogP contribution in [-0.4, -0.2) is 16.9 Å². The average molecular weight is 218 g/mol. The van der Waals surface area contributed by atoms with Gasteiger partial charge in [0.15, 0.2) is 0 Å². The van der Waals surface area contributed by atoms with Gasteiger partial charge in [0.25, 0.3) is 0 Å². The molecule has 0 atom stereocenters. The van der Waals surface area contributed by atoms with Crippen LogP contribution < -0.4 is 0 Å². The van der Waals surface area contributed by atoms with E-state index in [4.69, 9.17) is 5.11 Å². The second-order valence-electron chi connectivity index (χ2n) is 3.70. The molecule has 84 valence electrons. The maximum atomic E-state index is 11.1. The lowest BCUT2D eigenvalue weighted by molar-refractivity contribution is -0.131. The van der Waals surface area contributed by atoms with E-state index in [1.807, 2.05) is 25.1 Å². The Hall–Kier alpha value is -1.90. The summed E-state index contributed by atoms with van der Waals surface area (Å²) in [7, 11) is 0. The fourth-order valence-electron chi connectivity index (χ4n) is 1.56. The molecule has 0 saturated heterocycles. The van der Waals surface area contributed by atoms with Crippen molar-refractivity contribution in [2.24, 2.45) is 0 Å². The van der Waals surface area contributed by atoms with Gasteiger partial charge in [-0.05, 0) is 36.6 Å². The minimum absolute atomic E-state index is 0.0653. The highest BCUT2D eigenvalue weighted by atomic mass is 16.4. The first kappa shape index (κ1) is 12.2. The predicted octanol–water partition coefficient (Wildman–Crippen LogP) is 2.22. The average Bonchev–Trinajstić information content (AvgIpc) is 2.15. The van der Waals surface area contributed by atoms with E-state index in [-0.39, 0.29) is 5.78 Å². The molecule has 1 aromatic rings. The highest BCUT2D eigenvalue weighted by Gasteiger charge is 2.05. The Kier molecular flexibility index (Phi) is 4.00. The van der Waals surface area contributed by atoms with E-state index in [1.165, 1.54) is 13.0 Å². The van der Waals surface area contributed by atoms with Crippen molar-refractivity contribution in [3.63, 3.8) is 0 Å². The Morgan fingerprint density at radius 2 is 2.06 bits per heavy atom. The summed E-state index contributed by atoms with van der Waals surface area (Å²) in [5, 5.41) is 8.58. The monoisotopic (exact) mass is 218 g/mol. The van der Waals surface area contributed by atoms with Crippen molar-refractivity contribution in [1.82, 2.24) is 0 Å². The molecule has 0 unspecified atom stereocenters. The molecule has 0 fully saturated rings. The zero-order valence-electron chi connectivity index (χ0n) is 9.36. The zero-order valence-corrected chi connectivity index (χ0v) is 9.36. The first-order valence-corrected chi connectivity index (χ1v) is 4.99. The maximum Gasteiger partial charge on any atom is 0.328 e. The van der Waals surface area contributed by atoms with E-state index in [2.05, 4.69) is 0 Å². The molecular weight excluding hydrogens is 204 g/mol. The molecule has 1 rings (SSSR count). The summed E-state index contributed by atoms with van der Waals surface area (Å²) in [6, 6.07) is 5.60. The Labute approximate surface area is 94.4 Å². The van der Waals surface area contributed by atoms with Crippen LogP contribution in [0.2, 0.25) is 0 Å². The lowest BCUT2D eigenvalue weighted by Crippen LogP contribution is -2.00. The van der Waals surface area contributed by atoms with Crippen molar-refractivity contribution < 1.29 is 14.7 Å². The molecule has 0 heterocycles. The predicted molar refractivity (Wildman–Crippen MR) is 62.2 cm³/mol. The van der Waals surface area contributed by atoms with E-state index in [0.29, 0.717) is 6.42 Å². The van der Waals surface area contributed by atoms with Gasteiger partial charge < -0.3 is 5.11 Å². The first-order valence-electron chi connectivity index (χ1n) is 4.99. The third-order valence-corrected chi connectivity index (χ3v) is 2.25. The quantitative estimate of drug-likeness (QED) is 0.788. The largest absolute Gasteiger partial charge is 0.478 e. The highest BCUT2D eigenvalue weighted by Crippen LogP contribution is 2.17. The number of carbonyl (C=O) groups excluding carboxylic acids is 1. The summed E-state index contributed by atoms with van der Waals surface area (Å²) in [6.45, 7) is 3.41. The Morgan fingerprint density at radius 1 is 1.38 bits per heavy atom. The van der Waals surface area contributed by atoms with Crippen molar-refractivity contribution in [3.8, 4) is 0 Å². The number of ketones is 1. The smallest absolute Gasteiger partial charge is 0.328 e. The van der Waals surface area contributed by atoms with Crippen molar-refractivity contribution in [2.45, 2.75) is 20.3 Å². The van der Waals surface area contributed by atoms with Gasteiger partial charge in [-0.2, -0.15) is 0 Å². The lowest BCUT2D eigenvalue weighted by atomic mass is 9.98. The van der Waals surface area contributed by atoms with E-state index >= 15 is 0 Å². The number of aliphatic carboxylic acids is 1. The Balaban J connectivity index is 3.12. The summed E-state index contributed by atoms with van der Waals surface area (Å²) in [5.74, 6) is -0.924. The summed E-state index contributed by atoms with van der Waals surface area (Å²) in [6.07, 6.45) is 2.96. The molecule has 3 heteroatoms. The van der Waals surface area contributed by atoms with E-state index in [1.54, 1.807) is 0 Å². The minimum Gasteiger partial charge on any atom is -0.478 e. The summed E-state index contributed by atoms with van der Waals surface area (Å²) in [4.78, 5) is 21.5. The van der Waals surface area contributed by atoms with Crippen molar-refractivity contribution >= 4 is 17.8 Å². The van der Waals surface area contributed by atoms with Crippen LogP contribution in [0.5, 0.6) is 0 Å². The van der Waals surface area contributed by atoms with Crippen molar-refractivity contribution in [3.05, 3.63) is 41.0 Å². The zero-order chi connectivity index (χ0) is 12.1. The molecule has 1 aromatic carbocycles. The molecule has 16 heavy (non-hydrogen) atoms. The second kappa shape index (κ2) is 5.26. The van der Waals surface area contributed by atoms with Crippen LogP contribution in [0.1, 0.15) is 23.6 Å². The van der Waals surface area contributed by atoms with Crippen LogP contribution in [-0.2, 0) is 16.0 Å². The van der Waals surface area contributed by atoms with Crippen LogP contribution in [0.25, 0.3) is 6.08 Å². The lowest BCUT2D eigenvalue weighted by Gasteiger charge is -2.07. The van der Waals surface area contributed by atoms with Crippen LogP contribution in [0.3, 0.4) is 0 Å². The standard InChI is InChI=1S/C13H14O3/c1-9-4-3-5-11(8-10(2)14)12(9)6-7-13(15)16/h3-7H,8H2,1-2H3,(H,15,16)/b7-6+. The number of aryl methyl sites for hydroxylation is 1. The topological polar surface area (TPSA) is 54.4 Å². The number of carboxylic acid groups (broad SMARTS) is 1. The molecule has 0 bridgehead atoms. The molecule has 0 amide bonds. The third-order valence-electron chi connectivity index (χ3n) is 2.25. The van der Waals surface area contributed by atoms with Crippen LogP contribution >= 0.6 is 0 Å². The van der Waals surface area contributed by atoms with E-state index in [0.717, 1.165) is 22.8 Å². The summed E-state index contributed by atoms with van der Waals surface area (Å²) >= 11 is 0. The van der Waals surface area contributed by atoms with Gasteiger partial charge in [-0.1, -0.05) is 18.2 Å². The maximum absolute atomic E-state index is 11.1. The summed E-state index contributed by atoms with van der Waals surface area (Å²) < 4.78 is 0. The number of hydrogen-bond donors (Lipinski definition) is 1. The van der Waals surface area contributed by atoms with E-state index < -0.39 is 5.97 Å². The Bertz CT molecular complexity index is 444. The Morgan fingerprint density at radius 3 is 2.62 bits per heavy atom. The SMILES string of the molecule is CC(=O)Cc1cccc(C)c1/C=C/C(=O)O. The normalized spacial score (nSPS) is 10.6. The van der Waals surface area contributed by atoms with Crippen LogP contribution in [0, 0.1) is 6.92 Å². The minimum atomic E-state index is -0.989. The van der Waals surface area contributed by atoms with Gasteiger partial charge in [0, 0.05) is 12.5 Å². The number of benzene rings is 1. The van der Waals surface area contributed by atoms with Gasteiger partial charge in [0.2, 0.25) is 0 Å². The van der Waals surface area contributed by atoms with Gasteiger partial charge in [-0.15, -0.1) is 0 Å². The van der Waals surface area contributed by atoms with Crippen molar-refractivity contribution in [2.75, 3.05) is 0 Å². The van der Waals surface area contributed by atoms with Crippen molar-refractivity contribution in [1.29, 1.82) is 0 Å². The number of rotatable bonds is 4. The number of carboxylic acids is 1. The van der Waals surface area contributed by atoms with Gasteiger partial charge in [0.1, 0.15) is 5.78 Å². The van der Waals surface area contributed by atoms with Crippen LogP contribution in [0.4, 0.5) is 0 Å². The molecule has 0 radical (unpaired) electrons. The molecule has 0 aliphatic heterocycles. The fraction of sp³-hybridized carbons (Fsp3) is 0.231. The molecule has 0 spiro atoms. The highest BCUT2D eigenvalue weighted by molar-refractivity contribution is 5.87. The first-order chi connectivity index (χ1) is 7.50. The fourth-order valence-corrected chi connectivity index (χ4v) is 1.56. The molecule has 0 aliphatic carbocycles. The van der Waals surface area contributed by atoms with Crippen LogP contribution in [0.15, 0.2) is 24.3 Å². The van der Waals surface area contributed by atoms with E-state index in [9.17, 15) is 9.59 Å². The number of carbonyl (C=O) groups is 2. The molecular formula is C13H14O3. The van der Waals surface area contributed by atoms with Gasteiger partial charge >= 0.3 is 5.97 Å². The second-order valence-corrected chi connectivity index (χ2v) is 3.70. The van der Waals surface area contributed by atoms with Gasteiger partial charge in [-0.25, -0.2) is 4.79 Å². The third kappa shape index (κ3) is 3.35. The summed E-state index contributed by atoms with van der Waals surface area (Å²) in [5.41, 5.74) is 2.65.